The topological polar surface area (TPSA) is 32.9 Å². The molecule has 1 heterocycles. The maximum absolute atomic E-state index is 11.4. The first-order valence-corrected chi connectivity index (χ1v) is 5.01. The van der Waals surface area contributed by atoms with Crippen LogP contribution in [0.2, 0.25) is 0 Å². The zero-order valence-corrected chi connectivity index (χ0v) is 9.87. The van der Waals surface area contributed by atoms with E-state index >= 15 is 0 Å². The van der Waals surface area contributed by atoms with Crippen LogP contribution in [0.4, 0.5) is 0 Å². The number of alkyl halides is 2. The molecule has 0 aliphatic rings. The molecule has 66 valence electrons. The van der Waals surface area contributed by atoms with Gasteiger partial charge in [0, 0.05) is 9.77 Å². The van der Waals surface area contributed by atoms with Crippen molar-refractivity contribution in [3.05, 3.63) is 21.5 Å². The number of hydrogen-bond acceptors (Lipinski definition) is 1. The van der Waals surface area contributed by atoms with Gasteiger partial charge < -0.3 is 4.98 Å². The molecule has 0 radical (unpaired) electrons. The fourth-order valence-electron chi connectivity index (χ4n) is 0.735. The molecule has 0 atom stereocenters. The van der Waals surface area contributed by atoms with Crippen molar-refractivity contribution >= 4 is 51.6 Å². The lowest BCUT2D eigenvalue weighted by Gasteiger charge is -2.09. The van der Waals surface area contributed by atoms with Gasteiger partial charge in [-0.1, -0.05) is 23.2 Å². The van der Waals surface area contributed by atoms with Crippen molar-refractivity contribution in [3.8, 4) is 0 Å². The van der Waals surface area contributed by atoms with Crippen molar-refractivity contribution in [3.63, 3.8) is 0 Å². The lowest BCUT2D eigenvalue weighted by molar-refractivity contribution is 0.0974. The third kappa shape index (κ3) is 2.37. The summed E-state index contributed by atoms with van der Waals surface area (Å²) in [7, 11) is 0. The lowest BCUT2D eigenvalue weighted by atomic mass is 10.2. The maximum Gasteiger partial charge on any atom is 0.214 e. The third-order valence-electron chi connectivity index (χ3n) is 1.29. The van der Waals surface area contributed by atoms with Crippen LogP contribution in [0, 0.1) is 3.57 Å². The van der Waals surface area contributed by atoms with Gasteiger partial charge in [-0.15, -0.1) is 0 Å². The number of aromatic amines is 1. The fraction of sp³-hybridized carbons (Fsp3) is 0.286. The lowest BCUT2D eigenvalue weighted by Crippen LogP contribution is -2.21. The number of rotatable bonds is 2. The summed E-state index contributed by atoms with van der Waals surface area (Å²) >= 11 is 13.3. The minimum Gasteiger partial charge on any atom is -0.358 e. The SMILES string of the molecule is CC(Cl)(Cl)C(=O)c1cc(I)c[nH]1. The molecular formula is C7H6Cl2INO. The average molecular weight is 318 g/mol. The molecule has 0 spiro atoms. The largest absolute Gasteiger partial charge is 0.358 e. The van der Waals surface area contributed by atoms with Gasteiger partial charge in [0.05, 0.1) is 5.69 Å². The number of Topliss-reactive ketones (excluding diaryl/α,β-unsaturated/α-hetero) is 1. The van der Waals surface area contributed by atoms with Gasteiger partial charge in [0.1, 0.15) is 0 Å². The van der Waals surface area contributed by atoms with E-state index in [-0.39, 0.29) is 5.78 Å². The van der Waals surface area contributed by atoms with Gasteiger partial charge in [-0.25, -0.2) is 0 Å². The molecule has 0 aliphatic heterocycles. The fourth-order valence-corrected chi connectivity index (χ4v) is 1.41. The summed E-state index contributed by atoms with van der Waals surface area (Å²) < 4.78 is -0.401. The van der Waals surface area contributed by atoms with Crippen molar-refractivity contribution in [2.45, 2.75) is 11.3 Å². The smallest absolute Gasteiger partial charge is 0.214 e. The van der Waals surface area contributed by atoms with Gasteiger partial charge in [0.25, 0.3) is 0 Å². The van der Waals surface area contributed by atoms with Crippen LogP contribution in [-0.2, 0) is 0 Å². The highest BCUT2D eigenvalue weighted by atomic mass is 127. The van der Waals surface area contributed by atoms with E-state index in [1.807, 2.05) is 0 Å². The monoisotopic (exact) mass is 317 g/mol. The van der Waals surface area contributed by atoms with Crippen molar-refractivity contribution in [1.82, 2.24) is 4.98 Å². The van der Waals surface area contributed by atoms with Gasteiger partial charge in [-0.3, -0.25) is 4.79 Å². The summed E-state index contributed by atoms with van der Waals surface area (Å²) in [6.45, 7) is 1.45. The standard InChI is InChI=1S/C7H6Cl2INO/c1-7(8,9)6(12)5-2-4(10)3-11-5/h2-3,11H,1H3. The Balaban J connectivity index is 2.93. The normalized spacial score (nSPS) is 11.7. The second-order valence-electron chi connectivity index (χ2n) is 2.45. The zero-order chi connectivity index (χ0) is 9.35. The van der Waals surface area contributed by atoms with E-state index in [9.17, 15) is 4.79 Å². The molecule has 12 heavy (non-hydrogen) atoms. The molecule has 0 amide bonds. The Labute approximate surface area is 93.8 Å². The molecule has 2 nitrogen and oxygen atoms in total. The van der Waals surface area contributed by atoms with E-state index in [4.69, 9.17) is 23.2 Å². The first kappa shape index (κ1) is 10.3. The summed E-state index contributed by atoms with van der Waals surface area (Å²) in [6, 6.07) is 1.70. The van der Waals surface area contributed by atoms with Gasteiger partial charge >= 0.3 is 0 Å². The van der Waals surface area contributed by atoms with Crippen LogP contribution in [0.25, 0.3) is 0 Å². The summed E-state index contributed by atoms with van der Waals surface area (Å²) in [4.78, 5) is 14.2. The first-order chi connectivity index (χ1) is 5.41. The number of halogens is 3. The molecule has 0 aromatic carbocycles. The molecule has 1 rings (SSSR count). The van der Waals surface area contributed by atoms with Crippen LogP contribution in [0.5, 0.6) is 0 Å². The van der Waals surface area contributed by atoms with Crippen molar-refractivity contribution in [1.29, 1.82) is 0 Å². The van der Waals surface area contributed by atoms with Crippen molar-refractivity contribution in [2.24, 2.45) is 0 Å². The Morgan fingerprint density at radius 1 is 1.67 bits per heavy atom. The van der Waals surface area contributed by atoms with Crippen LogP contribution in [0.15, 0.2) is 12.3 Å². The Hall–Kier alpha value is 0.260. The van der Waals surface area contributed by atoms with E-state index in [1.165, 1.54) is 6.92 Å². The molecule has 0 aliphatic carbocycles. The second kappa shape index (κ2) is 3.55. The number of H-pyrrole nitrogens is 1. The van der Waals surface area contributed by atoms with E-state index in [0.717, 1.165) is 3.57 Å². The summed E-state index contributed by atoms with van der Waals surface area (Å²) in [6.07, 6.45) is 1.72. The first-order valence-electron chi connectivity index (χ1n) is 3.18. The van der Waals surface area contributed by atoms with Gasteiger partial charge in [0.2, 0.25) is 5.78 Å². The molecular weight excluding hydrogens is 312 g/mol. The number of ketones is 1. The predicted molar refractivity (Wildman–Crippen MR) is 58.0 cm³/mol. The Bertz CT molecular complexity index is 303. The molecule has 1 aromatic rings. The van der Waals surface area contributed by atoms with E-state index < -0.39 is 4.33 Å². The highest BCUT2D eigenvalue weighted by molar-refractivity contribution is 14.1. The Morgan fingerprint density at radius 3 is 2.58 bits per heavy atom. The number of hydrogen-bond donors (Lipinski definition) is 1. The number of carbonyl (C=O) groups is 1. The van der Waals surface area contributed by atoms with Gasteiger partial charge in [-0.2, -0.15) is 0 Å². The molecule has 0 unspecified atom stereocenters. The summed E-state index contributed by atoms with van der Waals surface area (Å²) in [5.74, 6) is -0.311. The molecule has 0 saturated heterocycles. The van der Waals surface area contributed by atoms with E-state index in [1.54, 1.807) is 12.3 Å². The van der Waals surface area contributed by atoms with Gasteiger partial charge in [-0.05, 0) is 35.6 Å². The maximum atomic E-state index is 11.4. The quantitative estimate of drug-likeness (QED) is 0.508. The van der Waals surface area contributed by atoms with Crippen molar-refractivity contribution in [2.75, 3.05) is 0 Å². The molecule has 5 heteroatoms. The summed E-state index contributed by atoms with van der Waals surface area (Å²) in [5, 5.41) is 0. The molecule has 0 saturated carbocycles. The minimum atomic E-state index is -1.35. The van der Waals surface area contributed by atoms with Crippen LogP contribution >= 0.6 is 45.8 Å². The third-order valence-corrected chi connectivity index (χ3v) is 2.26. The minimum absolute atomic E-state index is 0.311. The highest BCUT2D eigenvalue weighted by Crippen LogP contribution is 2.24. The number of carbonyl (C=O) groups excluding carboxylic acids is 1. The molecule has 1 aromatic heterocycles. The van der Waals surface area contributed by atoms with Gasteiger partial charge in [0.15, 0.2) is 4.33 Å². The Morgan fingerprint density at radius 2 is 2.25 bits per heavy atom. The predicted octanol–water partition coefficient (Wildman–Crippen LogP) is 3.00. The zero-order valence-electron chi connectivity index (χ0n) is 6.20. The second-order valence-corrected chi connectivity index (χ2v) is 5.40. The summed E-state index contributed by atoms with van der Waals surface area (Å²) in [5.41, 5.74) is 0.437. The highest BCUT2D eigenvalue weighted by Gasteiger charge is 2.29. The van der Waals surface area contributed by atoms with Crippen LogP contribution in [-0.4, -0.2) is 15.1 Å². The van der Waals surface area contributed by atoms with Crippen LogP contribution in [0.1, 0.15) is 17.4 Å². The van der Waals surface area contributed by atoms with E-state index in [0.29, 0.717) is 5.69 Å². The number of aromatic nitrogens is 1. The average Bonchev–Trinajstić information content (AvgIpc) is 2.32. The van der Waals surface area contributed by atoms with Crippen LogP contribution < -0.4 is 0 Å². The molecule has 0 fully saturated rings. The van der Waals surface area contributed by atoms with E-state index in [2.05, 4.69) is 27.6 Å². The molecule has 1 N–H and O–H groups in total. The number of nitrogens with one attached hydrogen (secondary N) is 1. The molecule has 0 bridgehead atoms. The van der Waals surface area contributed by atoms with Crippen LogP contribution in [0.3, 0.4) is 0 Å². The van der Waals surface area contributed by atoms with Crippen molar-refractivity contribution < 1.29 is 4.79 Å². The Kier molecular flexibility index (Phi) is 3.06.